The van der Waals surface area contributed by atoms with Gasteiger partial charge in [-0.2, -0.15) is 0 Å². The minimum absolute atomic E-state index is 0.0316. The molecule has 0 unspecified atom stereocenters. The lowest BCUT2D eigenvalue weighted by atomic mass is 10.3. The Bertz CT molecular complexity index is 308. The first-order valence-electron chi connectivity index (χ1n) is 4.80. The van der Waals surface area contributed by atoms with E-state index < -0.39 is 0 Å². The highest BCUT2D eigenvalue weighted by atomic mass is 16.3. The summed E-state index contributed by atoms with van der Waals surface area (Å²) in [4.78, 5) is 13.7. The van der Waals surface area contributed by atoms with Crippen molar-refractivity contribution in [2.75, 3.05) is 19.6 Å². The van der Waals surface area contributed by atoms with Crippen molar-refractivity contribution in [1.29, 1.82) is 0 Å². The maximum absolute atomic E-state index is 11.6. The van der Waals surface area contributed by atoms with Gasteiger partial charge >= 0.3 is 0 Å². The van der Waals surface area contributed by atoms with Gasteiger partial charge in [0.05, 0.1) is 12.8 Å². The van der Waals surface area contributed by atoms with E-state index in [2.05, 4.69) is 4.90 Å². The molecule has 2 heterocycles. The van der Waals surface area contributed by atoms with Crippen molar-refractivity contribution in [3.05, 3.63) is 24.2 Å². The number of carbonyl (C=O) groups is 1. The monoisotopic (exact) mass is 194 g/mol. The number of hydrogen-bond donors (Lipinski definition) is 1. The molecule has 0 amide bonds. The number of nitrogens with zero attached hydrogens (tertiary/aromatic N) is 1. The van der Waals surface area contributed by atoms with Gasteiger partial charge in [0.2, 0.25) is 5.78 Å². The van der Waals surface area contributed by atoms with Gasteiger partial charge in [0.1, 0.15) is 0 Å². The predicted octanol–water partition coefficient (Wildman–Crippen LogP) is 0.495. The third-order valence-corrected chi connectivity index (χ3v) is 2.47. The van der Waals surface area contributed by atoms with Crippen LogP contribution in [0, 0.1) is 0 Å². The molecule has 1 aliphatic rings. The van der Waals surface area contributed by atoms with Crippen molar-refractivity contribution in [3.8, 4) is 0 Å². The van der Waals surface area contributed by atoms with Crippen LogP contribution in [-0.2, 0) is 0 Å². The van der Waals surface area contributed by atoms with Gasteiger partial charge < -0.3 is 10.2 Å². The molecule has 2 rings (SSSR count). The Morgan fingerprint density at radius 1 is 1.71 bits per heavy atom. The van der Waals surface area contributed by atoms with Crippen LogP contribution in [0.1, 0.15) is 17.0 Å². The van der Waals surface area contributed by atoms with Crippen LogP contribution in [0.2, 0.25) is 0 Å². The fraction of sp³-hybridized carbons (Fsp3) is 0.500. The summed E-state index contributed by atoms with van der Waals surface area (Å²) >= 11 is 0. The van der Waals surface area contributed by atoms with Crippen molar-refractivity contribution in [2.45, 2.75) is 12.5 Å². The highest BCUT2D eigenvalue weighted by molar-refractivity contribution is 5.95. The number of rotatable bonds is 3. The van der Waals surface area contributed by atoms with E-state index in [1.807, 2.05) is 0 Å². The molecule has 4 nitrogen and oxygen atoms in total. The number of nitrogens with two attached hydrogens (primary N) is 1. The summed E-state index contributed by atoms with van der Waals surface area (Å²) in [5.41, 5.74) is 5.74. The number of ketones is 1. The Labute approximate surface area is 82.7 Å². The quantitative estimate of drug-likeness (QED) is 0.712. The van der Waals surface area contributed by atoms with E-state index in [-0.39, 0.29) is 11.8 Å². The van der Waals surface area contributed by atoms with Crippen LogP contribution in [0.3, 0.4) is 0 Å². The second-order valence-electron chi connectivity index (χ2n) is 3.68. The van der Waals surface area contributed by atoms with Crippen LogP contribution < -0.4 is 5.73 Å². The fourth-order valence-electron chi connectivity index (χ4n) is 1.72. The molecule has 0 radical (unpaired) electrons. The second kappa shape index (κ2) is 3.94. The Kier molecular flexibility index (Phi) is 2.65. The summed E-state index contributed by atoms with van der Waals surface area (Å²) in [6.45, 7) is 2.14. The molecule has 0 aliphatic carbocycles. The molecule has 4 heteroatoms. The third-order valence-electron chi connectivity index (χ3n) is 2.47. The van der Waals surface area contributed by atoms with Crippen LogP contribution >= 0.6 is 0 Å². The molecular weight excluding hydrogens is 180 g/mol. The van der Waals surface area contributed by atoms with Crippen LogP contribution in [0.4, 0.5) is 0 Å². The first-order valence-corrected chi connectivity index (χ1v) is 4.80. The molecule has 0 spiro atoms. The highest BCUT2D eigenvalue weighted by Gasteiger charge is 2.22. The lowest BCUT2D eigenvalue weighted by Crippen LogP contribution is -2.30. The summed E-state index contributed by atoms with van der Waals surface area (Å²) in [6.07, 6.45) is 2.49. The van der Waals surface area contributed by atoms with E-state index in [0.29, 0.717) is 12.3 Å². The molecule has 0 bridgehead atoms. The molecule has 0 aromatic carbocycles. The lowest BCUT2D eigenvalue weighted by molar-refractivity contribution is 0.0917. The van der Waals surface area contributed by atoms with Gasteiger partial charge in [-0.15, -0.1) is 0 Å². The zero-order valence-corrected chi connectivity index (χ0v) is 7.98. The van der Waals surface area contributed by atoms with E-state index in [9.17, 15) is 4.79 Å². The third kappa shape index (κ3) is 2.02. The van der Waals surface area contributed by atoms with Crippen LogP contribution in [0.5, 0.6) is 0 Å². The molecule has 1 aromatic rings. The molecule has 0 saturated carbocycles. The summed E-state index contributed by atoms with van der Waals surface area (Å²) in [6, 6.07) is 3.64. The van der Waals surface area contributed by atoms with E-state index >= 15 is 0 Å². The molecule has 2 N–H and O–H groups in total. The Hall–Kier alpha value is -1.13. The predicted molar refractivity (Wildman–Crippen MR) is 52.1 cm³/mol. The molecular formula is C10H14N2O2. The van der Waals surface area contributed by atoms with E-state index in [1.165, 1.54) is 6.26 Å². The van der Waals surface area contributed by atoms with Gasteiger partial charge in [-0.3, -0.25) is 9.69 Å². The molecule has 14 heavy (non-hydrogen) atoms. The fourth-order valence-corrected chi connectivity index (χ4v) is 1.72. The highest BCUT2D eigenvalue weighted by Crippen LogP contribution is 2.09. The molecule has 76 valence electrons. The van der Waals surface area contributed by atoms with Gasteiger partial charge in [-0.1, -0.05) is 0 Å². The smallest absolute Gasteiger partial charge is 0.211 e. The topological polar surface area (TPSA) is 59.5 Å². The molecule has 1 saturated heterocycles. The zero-order chi connectivity index (χ0) is 9.97. The van der Waals surface area contributed by atoms with Gasteiger partial charge in [0.25, 0.3) is 0 Å². The van der Waals surface area contributed by atoms with Crippen molar-refractivity contribution < 1.29 is 9.21 Å². The van der Waals surface area contributed by atoms with Gasteiger partial charge in [-0.05, 0) is 18.6 Å². The first-order chi connectivity index (χ1) is 6.75. The van der Waals surface area contributed by atoms with Crippen LogP contribution in [-0.4, -0.2) is 36.4 Å². The maximum Gasteiger partial charge on any atom is 0.211 e. The molecule has 1 aliphatic heterocycles. The number of likely N-dealkylation sites (tertiary alicyclic amines) is 1. The van der Waals surface area contributed by atoms with Crippen molar-refractivity contribution in [3.63, 3.8) is 0 Å². The number of hydrogen-bond acceptors (Lipinski definition) is 4. The summed E-state index contributed by atoms with van der Waals surface area (Å²) in [7, 11) is 0. The van der Waals surface area contributed by atoms with Crippen molar-refractivity contribution in [2.24, 2.45) is 5.73 Å². The Morgan fingerprint density at radius 3 is 3.14 bits per heavy atom. The number of Topliss-reactive ketones (excluding diaryl/α,β-unsaturated/α-hetero) is 1. The van der Waals surface area contributed by atoms with Gasteiger partial charge in [0.15, 0.2) is 5.76 Å². The SMILES string of the molecule is N[C@@H]1CCN(CC(=O)c2ccco2)C1. The Balaban J connectivity index is 1.89. The average molecular weight is 194 g/mol. The van der Waals surface area contributed by atoms with Crippen molar-refractivity contribution >= 4 is 5.78 Å². The first kappa shape index (κ1) is 9.43. The summed E-state index contributed by atoms with van der Waals surface area (Å²) in [5.74, 6) is 0.467. The largest absolute Gasteiger partial charge is 0.461 e. The molecule has 1 atom stereocenters. The van der Waals surface area contributed by atoms with E-state index in [0.717, 1.165) is 19.5 Å². The normalized spacial score (nSPS) is 22.8. The van der Waals surface area contributed by atoms with Gasteiger partial charge in [-0.25, -0.2) is 0 Å². The minimum Gasteiger partial charge on any atom is -0.461 e. The Morgan fingerprint density at radius 2 is 2.57 bits per heavy atom. The molecule has 1 fully saturated rings. The lowest BCUT2D eigenvalue weighted by Gasteiger charge is -2.12. The summed E-state index contributed by atoms with van der Waals surface area (Å²) < 4.78 is 5.02. The standard InChI is InChI=1S/C10H14N2O2/c11-8-3-4-12(6-8)7-9(13)10-2-1-5-14-10/h1-2,5,8H,3-4,6-7,11H2/t8-/m1/s1. The number of carbonyl (C=O) groups excluding carboxylic acids is 1. The molecule has 1 aromatic heterocycles. The van der Waals surface area contributed by atoms with Crippen LogP contribution in [0.15, 0.2) is 22.8 Å². The van der Waals surface area contributed by atoms with E-state index in [4.69, 9.17) is 10.2 Å². The van der Waals surface area contributed by atoms with Crippen molar-refractivity contribution in [1.82, 2.24) is 4.90 Å². The average Bonchev–Trinajstić information content (AvgIpc) is 2.75. The maximum atomic E-state index is 11.6. The number of furan rings is 1. The second-order valence-corrected chi connectivity index (χ2v) is 3.68. The van der Waals surface area contributed by atoms with Gasteiger partial charge in [0, 0.05) is 19.1 Å². The minimum atomic E-state index is 0.0316. The zero-order valence-electron chi connectivity index (χ0n) is 7.98. The summed E-state index contributed by atoms with van der Waals surface area (Å²) in [5, 5.41) is 0. The van der Waals surface area contributed by atoms with Crippen LogP contribution in [0.25, 0.3) is 0 Å². The van der Waals surface area contributed by atoms with E-state index in [1.54, 1.807) is 12.1 Å².